The first-order chi connectivity index (χ1) is 10.3. The van der Waals surface area contributed by atoms with E-state index in [1.807, 2.05) is 55.5 Å². The molecule has 0 fully saturated rings. The Balaban J connectivity index is 1.62. The lowest BCUT2D eigenvalue weighted by Crippen LogP contribution is -1.99. The summed E-state index contributed by atoms with van der Waals surface area (Å²) in [5.74, 6) is 6.13. The van der Waals surface area contributed by atoms with E-state index < -0.39 is 0 Å². The Morgan fingerprint density at radius 2 is 1.86 bits per heavy atom. The molecule has 3 heteroatoms. The van der Waals surface area contributed by atoms with E-state index in [0.717, 1.165) is 16.1 Å². The van der Waals surface area contributed by atoms with Crippen LogP contribution >= 0.6 is 11.3 Å². The van der Waals surface area contributed by atoms with Crippen molar-refractivity contribution in [1.82, 2.24) is 4.98 Å². The van der Waals surface area contributed by atoms with E-state index in [1.165, 1.54) is 4.70 Å². The van der Waals surface area contributed by atoms with Crippen LogP contribution in [0.2, 0.25) is 0 Å². The molecule has 3 aromatic rings. The maximum absolute atomic E-state index is 5.75. The second-order valence-corrected chi connectivity index (χ2v) is 5.70. The average molecular weight is 293 g/mol. The molecule has 21 heavy (non-hydrogen) atoms. The highest BCUT2D eigenvalue weighted by Gasteiger charge is 2.10. The lowest BCUT2D eigenvalue weighted by Gasteiger charge is -2.06. The average Bonchev–Trinajstić information content (AvgIpc) is 2.96. The lowest BCUT2D eigenvalue weighted by atomic mass is 10.2. The number of benzene rings is 2. The minimum absolute atomic E-state index is 0.0347. The highest BCUT2D eigenvalue weighted by molar-refractivity contribution is 7.18. The van der Waals surface area contributed by atoms with E-state index in [9.17, 15) is 0 Å². The van der Waals surface area contributed by atoms with Gasteiger partial charge in [0.2, 0.25) is 0 Å². The third-order valence-electron chi connectivity index (χ3n) is 3.07. The molecule has 0 N–H and O–H groups in total. The molecule has 0 saturated heterocycles. The molecule has 104 valence electrons. The van der Waals surface area contributed by atoms with E-state index in [2.05, 4.69) is 22.9 Å². The van der Waals surface area contributed by atoms with Crippen molar-refractivity contribution in [3.05, 3.63) is 65.2 Å². The van der Waals surface area contributed by atoms with Gasteiger partial charge in [-0.2, -0.15) is 0 Å². The maximum atomic E-state index is 5.75. The molecule has 0 radical (unpaired) electrons. The lowest BCUT2D eigenvalue weighted by molar-refractivity contribution is 0.0925. The SMILES string of the molecule is CC(OCC#Cc1ccccc1)c1nc2ccccc2s1. The summed E-state index contributed by atoms with van der Waals surface area (Å²) in [7, 11) is 0. The number of hydrogen-bond donors (Lipinski definition) is 0. The number of rotatable bonds is 3. The van der Waals surface area contributed by atoms with Crippen LogP contribution in [0, 0.1) is 11.8 Å². The fourth-order valence-corrected chi connectivity index (χ4v) is 2.93. The molecule has 0 bridgehead atoms. The molecular weight excluding hydrogens is 278 g/mol. The topological polar surface area (TPSA) is 22.1 Å². The summed E-state index contributed by atoms with van der Waals surface area (Å²) in [6.45, 7) is 2.42. The summed E-state index contributed by atoms with van der Waals surface area (Å²) in [4.78, 5) is 4.59. The highest BCUT2D eigenvalue weighted by Crippen LogP contribution is 2.27. The molecular formula is C18H15NOS. The van der Waals surface area contributed by atoms with E-state index in [4.69, 9.17) is 4.74 Å². The molecule has 0 aliphatic rings. The maximum Gasteiger partial charge on any atom is 0.123 e. The van der Waals surface area contributed by atoms with Crippen molar-refractivity contribution in [2.45, 2.75) is 13.0 Å². The minimum atomic E-state index is -0.0347. The standard InChI is InChI=1S/C18H15NOS/c1-14(18-19-16-11-5-6-12-17(16)21-18)20-13-7-10-15-8-3-2-4-9-15/h2-6,8-9,11-12,14H,13H2,1H3. The fourth-order valence-electron chi connectivity index (χ4n) is 1.96. The van der Waals surface area contributed by atoms with Gasteiger partial charge >= 0.3 is 0 Å². The summed E-state index contributed by atoms with van der Waals surface area (Å²) in [5, 5.41) is 0.998. The van der Waals surface area contributed by atoms with Crippen LogP contribution in [0.15, 0.2) is 54.6 Å². The van der Waals surface area contributed by atoms with Gasteiger partial charge in [-0.1, -0.05) is 42.2 Å². The van der Waals surface area contributed by atoms with Gasteiger partial charge in [0, 0.05) is 5.56 Å². The minimum Gasteiger partial charge on any atom is -0.359 e. The molecule has 0 aliphatic heterocycles. The predicted octanol–water partition coefficient (Wildman–Crippen LogP) is 4.43. The van der Waals surface area contributed by atoms with E-state index in [0.29, 0.717) is 6.61 Å². The molecule has 1 atom stereocenters. The van der Waals surface area contributed by atoms with Gasteiger partial charge in [0.15, 0.2) is 0 Å². The summed E-state index contributed by atoms with van der Waals surface area (Å²) in [5.41, 5.74) is 2.04. The first-order valence-electron chi connectivity index (χ1n) is 6.84. The highest BCUT2D eigenvalue weighted by atomic mass is 32.1. The molecule has 0 amide bonds. The Morgan fingerprint density at radius 3 is 2.67 bits per heavy atom. The Kier molecular flexibility index (Phi) is 4.30. The van der Waals surface area contributed by atoms with Crippen molar-refractivity contribution in [2.75, 3.05) is 6.61 Å². The summed E-state index contributed by atoms with van der Waals surface area (Å²) in [6.07, 6.45) is -0.0347. The first kappa shape index (κ1) is 13.8. The van der Waals surface area contributed by atoms with Crippen molar-refractivity contribution < 1.29 is 4.74 Å². The van der Waals surface area contributed by atoms with Crippen molar-refractivity contribution in [3.63, 3.8) is 0 Å². The fraction of sp³-hybridized carbons (Fsp3) is 0.167. The third-order valence-corrected chi connectivity index (χ3v) is 4.27. The van der Waals surface area contributed by atoms with Gasteiger partial charge < -0.3 is 4.74 Å². The summed E-state index contributed by atoms with van der Waals surface area (Å²) >= 11 is 1.68. The summed E-state index contributed by atoms with van der Waals surface area (Å²) in [6, 6.07) is 18.1. The van der Waals surface area contributed by atoms with Crippen LogP contribution in [0.25, 0.3) is 10.2 Å². The largest absolute Gasteiger partial charge is 0.359 e. The second kappa shape index (κ2) is 6.53. The zero-order chi connectivity index (χ0) is 14.5. The molecule has 0 aliphatic carbocycles. The Morgan fingerprint density at radius 1 is 1.10 bits per heavy atom. The van der Waals surface area contributed by atoms with Crippen LogP contribution in [0.3, 0.4) is 0 Å². The van der Waals surface area contributed by atoms with Gasteiger partial charge in [-0.05, 0) is 31.2 Å². The second-order valence-electron chi connectivity index (χ2n) is 4.64. The zero-order valence-electron chi connectivity index (χ0n) is 11.7. The van der Waals surface area contributed by atoms with Gasteiger partial charge in [0.1, 0.15) is 17.7 Å². The van der Waals surface area contributed by atoms with Crippen molar-refractivity contribution in [1.29, 1.82) is 0 Å². The van der Waals surface area contributed by atoms with Gasteiger partial charge in [-0.25, -0.2) is 4.98 Å². The molecule has 3 rings (SSSR count). The number of hydrogen-bond acceptors (Lipinski definition) is 3. The molecule has 1 aromatic heterocycles. The van der Waals surface area contributed by atoms with E-state index in [-0.39, 0.29) is 6.10 Å². The van der Waals surface area contributed by atoms with Crippen LogP contribution < -0.4 is 0 Å². The quantitative estimate of drug-likeness (QED) is 0.667. The van der Waals surface area contributed by atoms with Gasteiger partial charge in [-0.15, -0.1) is 11.3 Å². The van der Waals surface area contributed by atoms with E-state index >= 15 is 0 Å². The van der Waals surface area contributed by atoms with Gasteiger partial charge in [-0.3, -0.25) is 0 Å². The number of thiazole rings is 1. The Hall–Kier alpha value is -2.15. The number of para-hydroxylation sites is 1. The van der Waals surface area contributed by atoms with E-state index in [1.54, 1.807) is 11.3 Å². The van der Waals surface area contributed by atoms with Crippen LogP contribution in [-0.4, -0.2) is 11.6 Å². The molecule has 1 unspecified atom stereocenters. The molecule has 0 spiro atoms. The monoisotopic (exact) mass is 293 g/mol. The number of fused-ring (bicyclic) bond motifs is 1. The molecule has 1 heterocycles. The number of nitrogens with zero attached hydrogens (tertiary/aromatic N) is 1. The number of ether oxygens (including phenoxy) is 1. The molecule has 2 aromatic carbocycles. The van der Waals surface area contributed by atoms with Crippen LogP contribution in [0.5, 0.6) is 0 Å². The van der Waals surface area contributed by atoms with Gasteiger partial charge in [0.25, 0.3) is 0 Å². The van der Waals surface area contributed by atoms with Crippen LogP contribution in [-0.2, 0) is 4.74 Å². The summed E-state index contributed by atoms with van der Waals surface area (Å²) < 4.78 is 6.95. The van der Waals surface area contributed by atoms with Crippen LogP contribution in [0.4, 0.5) is 0 Å². The van der Waals surface area contributed by atoms with Crippen molar-refractivity contribution >= 4 is 21.6 Å². The zero-order valence-corrected chi connectivity index (χ0v) is 12.6. The third kappa shape index (κ3) is 3.49. The first-order valence-corrected chi connectivity index (χ1v) is 7.65. The van der Waals surface area contributed by atoms with Crippen molar-refractivity contribution in [2.24, 2.45) is 0 Å². The molecule has 2 nitrogen and oxygen atoms in total. The Bertz CT molecular complexity index is 750. The predicted molar refractivity (Wildman–Crippen MR) is 87.3 cm³/mol. The Labute approximate surface area is 128 Å². The van der Waals surface area contributed by atoms with Gasteiger partial charge in [0.05, 0.1) is 10.2 Å². The smallest absolute Gasteiger partial charge is 0.123 e. The molecule has 0 saturated carbocycles. The normalized spacial score (nSPS) is 11.9. The van der Waals surface area contributed by atoms with Crippen molar-refractivity contribution in [3.8, 4) is 11.8 Å². The van der Waals surface area contributed by atoms with Crippen LogP contribution in [0.1, 0.15) is 23.6 Å². The number of aromatic nitrogens is 1.